The molecule has 1 aromatic carbocycles. The summed E-state index contributed by atoms with van der Waals surface area (Å²) in [4.78, 5) is 24.6. The zero-order valence-corrected chi connectivity index (χ0v) is 19.4. The number of pyridine rings is 1. The number of aromatic nitrogens is 3. The lowest BCUT2D eigenvalue weighted by Gasteiger charge is -2.23. The number of carbonyl (C=O) groups excluding carboxylic acids is 1. The first-order valence-electron chi connectivity index (χ1n) is 11.3. The second-order valence-electron chi connectivity index (χ2n) is 8.96. The maximum Gasteiger partial charge on any atom is 0.280 e. The smallest absolute Gasteiger partial charge is 0.280 e. The van der Waals surface area contributed by atoms with E-state index in [2.05, 4.69) is 51.3 Å². The molecule has 5 rings (SSSR count). The highest BCUT2D eigenvalue weighted by atomic mass is 16.5. The third-order valence-electron chi connectivity index (χ3n) is 6.09. The van der Waals surface area contributed by atoms with Gasteiger partial charge in [-0.3, -0.25) is 9.78 Å². The fourth-order valence-corrected chi connectivity index (χ4v) is 4.41. The minimum Gasteiger partial charge on any atom is -0.477 e. The van der Waals surface area contributed by atoms with Crippen molar-refractivity contribution in [2.45, 2.75) is 33.6 Å². The number of ether oxygens (including phenoxy) is 1. The maximum absolute atomic E-state index is 13.3. The zero-order chi connectivity index (χ0) is 23.1. The van der Waals surface area contributed by atoms with Crippen LogP contribution < -0.4 is 15.0 Å². The first-order valence-corrected chi connectivity index (χ1v) is 11.3. The van der Waals surface area contributed by atoms with Crippen LogP contribution in [0.15, 0.2) is 41.5 Å². The fraction of sp³-hybridized carbons (Fsp3) is 0.360. The molecule has 0 fully saturated rings. The van der Waals surface area contributed by atoms with Gasteiger partial charge in [0.15, 0.2) is 0 Å². The molecular weight excluding hydrogens is 416 g/mol. The normalized spacial score (nSPS) is 19.8. The van der Waals surface area contributed by atoms with Crippen LogP contribution in [0.2, 0.25) is 0 Å². The summed E-state index contributed by atoms with van der Waals surface area (Å²) in [6.45, 7) is 7.51. The number of guanidine groups is 1. The number of benzene rings is 1. The van der Waals surface area contributed by atoms with Gasteiger partial charge in [0.25, 0.3) is 5.91 Å². The van der Waals surface area contributed by atoms with Crippen molar-refractivity contribution >= 4 is 23.2 Å². The largest absolute Gasteiger partial charge is 0.477 e. The van der Waals surface area contributed by atoms with Crippen LogP contribution in [0.3, 0.4) is 0 Å². The number of nitrogens with zero attached hydrogens (tertiary/aromatic N) is 5. The molecular formula is C25H28N6O2. The Labute approximate surface area is 193 Å². The monoisotopic (exact) mass is 444 g/mol. The molecule has 8 heteroatoms. The van der Waals surface area contributed by atoms with E-state index in [9.17, 15) is 4.79 Å². The van der Waals surface area contributed by atoms with Crippen molar-refractivity contribution in [3.05, 3.63) is 53.3 Å². The van der Waals surface area contributed by atoms with Crippen LogP contribution in [-0.2, 0) is 7.05 Å². The van der Waals surface area contributed by atoms with E-state index in [1.807, 2.05) is 20.0 Å². The maximum atomic E-state index is 13.3. The Morgan fingerprint density at radius 3 is 2.88 bits per heavy atom. The average molecular weight is 445 g/mol. The van der Waals surface area contributed by atoms with Gasteiger partial charge in [-0.2, -0.15) is 10.1 Å². The number of carbonyl (C=O) groups is 1. The minimum atomic E-state index is -0.312. The van der Waals surface area contributed by atoms with Gasteiger partial charge >= 0.3 is 0 Å². The van der Waals surface area contributed by atoms with Gasteiger partial charge in [0.2, 0.25) is 11.8 Å². The minimum absolute atomic E-state index is 0.312. The summed E-state index contributed by atoms with van der Waals surface area (Å²) in [7, 11) is 1.85. The van der Waals surface area contributed by atoms with E-state index in [0.29, 0.717) is 35.6 Å². The van der Waals surface area contributed by atoms with Crippen LogP contribution in [0.5, 0.6) is 5.88 Å². The number of aryl methyl sites for hydroxylation is 3. The molecule has 33 heavy (non-hydrogen) atoms. The average Bonchev–Trinajstić information content (AvgIpc) is 3.30. The second kappa shape index (κ2) is 8.35. The van der Waals surface area contributed by atoms with Gasteiger partial charge in [-0.15, -0.1) is 0 Å². The molecule has 0 saturated carbocycles. The molecule has 2 aliphatic heterocycles. The summed E-state index contributed by atoms with van der Waals surface area (Å²) in [6.07, 6.45) is 3.63. The van der Waals surface area contributed by atoms with E-state index in [-0.39, 0.29) is 5.91 Å². The summed E-state index contributed by atoms with van der Waals surface area (Å²) in [5.41, 5.74) is 5.83. The number of fused-ring (bicyclic) bond motifs is 7. The SMILES string of the molecule is Cc1ccc2c(c1)N1C[C@H](C)CCCOc3c(cnn3C)-c3cc(cc(C)n3)C(=O)/N=C/1N2. The Balaban J connectivity index is 1.60. The van der Waals surface area contributed by atoms with Gasteiger partial charge in [-0.05, 0) is 62.4 Å². The topological polar surface area (TPSA) is 84.6 Å². The van der Waals surface area contributed by atoms with Crippen LogP contribution in [0.25, 0.3) is 11.3 Å². The summed E-state index contributed by atoms with van der Waals surface area (Å²) >= 11 is 0. The quantitative estimate of drug-likeness (QED) is 0.555. The summed E-state index contributed by atoms with van der Waals surface area (Å²) < 4.78 is 7.84. The lowest BCUT2D eigenvalue weighted by atomic mass is 10.0. The van der Waals surface area contributed by atoms with Crippen molar-refractivity contribution in [3.63, 3.8) is 0 Å². The molecule has 4 heterocycles. The molecule has 0 radical (unpaired) electrons. The molecule has 8 nitrogen and oxygen atoms in total. The molecule has 0 saturated heterocycles. The third-order valence-corrected chi connectivity index (χ3v) is 6.09. The molecule has 0 spiro atoms. The zero-order valence-electron chi connectivity index (χ0n) is 19.4. The van der Waals surface area contributed by atoms with Gasteiger partial charge in [0.05, 0.1) is 35.4 Å². The van der Waals surface area contributed by atoms with Crippen LogP contribution in [-0.4, -0.2) is 39.8 Å². The lowest BCUT2D eigenvalue weighted by molar-refractivity contribution is 0.100. The van der Waals surface area contributed by atoms with E-state index in [1.165, 1.54) is 5.56 Å². The summed E-state index contributed by atoms with van der Waals surface area (Å²) in [5.74, 6) is 1.29. The number of hydrogen-bond acceptors (Lipinski definition) is 6. The van der Waals surface area contributed by atoms with Gasteiger partial charge in [0, 0.05) is 24.8 Å². The van der Waals surface area contributed by atoms with Gasteiger partial charge in [0.1, 0.15) is 0 Å². The van der Waals surface area contributed by atoms with Crippen LogP contribution in [0.4, 0.5) is 11.4 Å². The number of hydrogen-bond donors (Lipinski definition) is 1. The Morgan fingerprint density at radius 1 is 1.18 bits per heavy atom. The van der Waals surface area contributed by atoms with Crippen LogP contribution >= 0.6 is 0 Å². The number of rotatable bonds is 0. The third kappa shape index (κ3) is 4.08. The predicted octanol–water partition coefficient (Wildman–Crippen LogP) is 4.34. The standard InChI is InChI=1S/C25H28N6O2/c1-15-7-8-20-22(10-15)31-14-16(2)6-5-9-33-24-19(13-26-30(24)4)21-12-18(11-17(3)27-21)23(32)29-25(31)28-20/h7-8,10-13,16H,5-6,9,14H2,1-4H3,(H,28,29,32)/t16-/m1/s1. The highest BCUT2D eigenvalue weighted by molar-refractivity contribution is 6.19. The van der Waals surface area contributed by atoms with Crippen molar-refractivity contribution in [1.29, 1.82) is 0 Å². The van der Waals surface area contributed by atoms with E-state index in [1.54, 1.807) is 23.0 Å². The van der Waals surface area contributed by atoms with Crippen molar-refractivity contribution in [1.82, 2.24) is 14.8 Å². The molecule has 0 aliphatic carbocycles. The predicted molar refractivity (Wildman–Crippen MR) is 129 cm³/mol. The van der Waals surface area contributed by atoms with Crippen LogP contribution in [0, 0.1) is 19.8 Å². The fourth-order valence-electron chi connectivity index (χ4n) is 4.41. The first kappa shape index (κ1) is 21.2. The number of amides is 1. The molecule has 1 atom stereocenters. The Morgan fingerprint density at radius 2 is 2.03 bits per heavy atom. The van der Waals surface area contributed by atoms with Crippen molar-refractivity contribution in [2.75, 3.05) is 23.4 Å². The van der Waals surface area contributed by atoms with Crippen molar-refractivity contribution in [3.8, 4) is 17.1 Å². The van der Waals surface area contributed by atoms with Gasteiger partial charge < -0.3 is 15.0 Å². The highest BCUT2D eigenvalue weighted by Crippen LogP contribution is 2.35. The highest BCUT2D eigenvalue weighted by Gasteiger charge is 2.28. The van der Waals surface area contributed by atoms with Crippen molar-refractivity contribution < 1.29 is 9.53 Å². The van der Waals surface area contributed by atoms with E-state index < -0.39 is 0 Å². The molecule has 3 aromatic rings. The molecule has 2 bridgehead atoms. The summed E-state index contributed by atoms with van der Waals surface area (Å²) in [6, 6.07) is 9.77. The Kier molecular flexibility index (Phi) is 5.36. The lowest BCUT2D eigenvalue weighted by Crippen LogP contribution is -2.35. The van der Waals surface area contributed by atoms with Gasteiger partial charge in [-0.25, -0.2) is 4.68 Å². The Hall–Kier alpha value is -3.68. The van der Waals surface area contributed by atoms with E-state index >= 15 is 0 Å². The van der Waals surface area contributed by atoms with Crippen molar-refractivity contribution in [2.24, 2.45) is 18.0 Å². The second-order valence-corrected chi connectivity index (χ2v) is 8.96. The number of anilines is 2. The first-order chi connectivity index (χ1) is 15.9. The number of nitrogens with one attached hydrogen (secondary N) is 1. The van der Waals surface area contributed by atoms with Crippen LogP contribution in [0.1, 0.15) is 41.4 Å². The molecule has 1 N–H and O–H groups in total. The molecule has 0 unspecified atom stereocenters. The number of aliphatic imine (C=N–C) groups is 1. The van der Waals surface area contributed by atoms with E-state index in [0.717, 1.165) is 42.0 Å². The Bertz CT molecular complexity index is 1260. The molecule has 2 aromatic heterocycles. The molecule has 170 valence electrons. The summed E-state index contributed by atoms with van der Waals surface area (Å²) in [5, 5.41) is 7.70. The van der Waals surface area contributed by atoms with Gasteiger partial charge in [-0.1, -0.05) is 13.0 Å². The molecule has 1 amide bonds. The molecule has 2 aliphatic rings. The van der Waals surface area contributed by atoms with E-state index in [4.69, 9.17) is 4.74 Å².